The van der Waals surface area contributed by atoms with Gasteiger partial charge in [-0.3, -0.25) is 14.4 Å². The molecule has 3 unspecified atom stereocenters. The molecule has 0 N–H and O–H groups in total. The van der Waals surface area contributed by atoms with Gasteiger partial charge in [0, 0.05) is 17.9 Å². The van der Waals surface area contributed by atoms with Gasteiger partial charge in [-0.1, -0.05) is 83.9 Å². The van der Waals surface area contributed by atoms with Crippen LogP contribution in [0.1, 0.15) is 107 Å². The quantitative estimate of drug-likeness (QED) is 0.314. The van der Waals surface area contributed by atoms with Gasteiger partial charge in [-0.05, 0) is 79.2 Å². The van der Waals surface area contributed by atoms with Crippen molar-refractivity contribution in [2.45, 2.75) is 99.8 Å². The second-order valence-corrected chi connectivity index (χ2v) is 10.5. The largest absolute Gasteiger partial charge is 0.300 e. The Bertz CT molecular complexity index is 1030. The van der Waals surface area contributed by atoms with Gasteiger partial charge < -0.3 is 0 Å². The predicted molar refractivity (Wildman–Crippen MR) is 151 cm³/mol. The highest BCUT2D eigenvalue weighted by Gasteiger charge is 2.33. The summed E-state index contributed by atoms with van der Waals surface area (Å²) in [5.41, 5.74) is 6.74. The third-order valence-electron chi connectivity index (χ3n) is 7.45. The lowest BCUT2D eigenvalue weighted by atomic mass is 9.71. The van der Waals surface area contributed by atoms with E-state index in [1.165, 1.54) is 24.5 Å². The molecule has 3 nitrogen and oxygen atoms in total. The van der Waals surface area contributed by atoms with E-state index in [-0.39, 0.29) is 41.5 Å². The van der Waals surface area contributed by atoms with Crippen LogP contribution in [-0.2, 0) is 22.4 Å². The molecule has 3 heteroatoms. The van der Waals surface area contributed by atoms with Gasteiger partial charge in [0.2, 0.25) is 0 Å². The number of hydrogen-bond acceptors (Lipinski definition) is 3. The zero-order valence-electron chi connectivity index (χ0n) is 23.6. The molecule has 0 fully saturated rings. The van der Waals surface area contributed by atoms with Crippen molar-refractivity contribution in [1.82, 2.24) is 0 Å². The normalized spacial score (nSPS) is 16.4. The van der Waals surface area contributed by atoms with Crippen LogP contribution in [0.25, 0.3) is 11.1 Å². The Kier molecular flexibility index (Phi) is 11.8. The molecular weight excluding hydrogens is 444 g/mol. The SMILES string of the molecule is CCC.CCc1ccc(-c2ccc(C)c3c2CC(CC(CC)C(CC)C(=O)CC(C)=O)CC3=O)cc1. The molecule has 2 aromatic carbocycles. The number of ketones is 3. The van der Waals surface area contributed by atoms with E-state index in [0.29, 0.717) is 6.42 Å². The number of hydrogen-bond donors (Lipinski definition) is 0. The number of Topliss-reactive ketones (excluding diaryl/α,β-unsaturated/α-hetero) is 3. The van der Waals surface area contributed by atoms with Crippen LogP contribution in [0.4, 0.5) is 0 Å². The first-order valence-electron chi connectivity index (χ1n) is 14.0. The van der Waals surface area contributed by atoms with Crippen LogP contribution in [0.3, 0.4) is 0 Å². The highest BCUT2D eigenvalue weighted by molar-refractivity contribution is 6.02. The second-order valence-electron chi connectivity index (χ2n) is 10.5. The van der Waals surface area contributed by atoms with Crippen molar-refractivity contribution in [3.05, 3.63) is 58.7 Å². The highest BCUT2D eigenvalue weighted by Crippen LogP contribution is 2.39. The molecule has 0 spiro atoms. The fourth-order valence-electron chi connectivity index (χ4n) is 5.69. The average Bonchev–Trinajstić information content (AvgIpc) is 2.84. The molecule has 3 rings (SSSR count). The number of carbonyl (C=O) groups is 3. The van der Waals surface area contributed by atoms with Gasteiger partial charge >= 0.3 is 0 Å². The first kappa shape index (κ1) is 29.7. The molecular formula is C33H46O3. The van der Waals surface area contributed by atoms with E-state index in [0.717, 1.165) is 54.4 Å². The lowest BCUT2D eigenvalue weighted by molar-refractivity contribution is -0.129. The van der Waals surface area contributed by atoms with Gasteiger partial charge in [-0.15, -0.1) is 0 Å². The third kappa shape index (κ3) is 7.48. The number of fused-ring (bicyclic) bond motifs is 1. The Morgan fingerprint density at radius 2 is 1.56 bits per heavy atom. The molecule has 0 aliphatic heterocycles. The van der Waals surface area contributed by atoms with Crippen LogP contribution in [0.2, 0.25) is 0 Å². The summed E-state index contributed by atoms with van der Waals surface area (Å²) in [6.45, 7) is 14.1. The fourth-order valence-corrected chi connectivity index (χ4v) is 5.69. The minimum absolute atomic E-state index is 0.0263. The molecule has 3 atom stereocenters. The van der Waals surface area contributed by atoms with Gasteiger partial charge in [0.25, 0.3) is 0 Å². The third-order valence-corrected chi connectivity index (χ3v) is 7.45. The first-order valence-corrected chi connectivity index (χ1v) is 14.0. The summed E-state index contributed by atoms with van der Waals surface area (Å²) in [7, 11) is 0. The van der Waals surface area contributed by atoms with Gasteiger partial charge in [-0.2, -0.15) is 0 Å². The molecule has 0 radical (unpaired) electrons. The molecule has 1 aliphatic carbocycles. The number of benzene rings is 2. The fraction of sp³-hybridized carbons (Fsp3) is 0.545. The van der Waals surface area contributed by atoms with Gasteiger partial charge in [-0.25, -0.2) is 0 Å². The molecule has 0 saturated carbocycles. The standard InChI is InChI=1S/C30H38O3.C3H8/c1-6-21-10-12-24(13-11-21)26-14-9-19(4)30-27(26)17-22(18-29(30)33)16-23(7-2)25(8-3)28(32)15-20(5)31;1-3-2/h9-14,22-23,25H,6-8,15-18H2,1-5H3;3H2,1-2H3. The monoisotopic (exact) mass is 490 g/mol. The van der Waals surface area contributed by atoms with Crippen molar-refractivity contribution in [3.8, 4) is 11.1 Å². The van der Waals surface area contributed by atoms with E-state index in [2.05, 4.69) is 64.1 Å². The Hall–Kier alpha value is -2.55. The molecule has 0 saturated heterocycles. The van der Waals surface area contributed by atoms with E-state index in [1.54, 1.807) is 0 Å². The van der Waals surface area contributed by atoms with Crippen LogP contribution in [0.15, 0.2) is 36.4 Å². The Morgan fingerprint density at radius 1 is 0.917 bits per heavy atom. The number of carbonyl (C=O) groups excluding carboxylic acids is 3. The molecule has 0 amide bonds. The molecule has 0 bridgehead atoms. The maximum atomic E-state index is 13.3. The maximum absolute atomic E-state index is 13.3. The second kappa shape index (κ2) is 14.3. The Morgan fingerprint density at radius 3 is 2.08 bits per heavy atom. The van der Waals surface area contributed by atoms with Crippen LogP contribution in [0, 0.1) is 24.7 Å². The summed E-state index contributed by atoms with van der Waals surface area (Å²) in [6, 6.07) is 12.9. The van der Waals surface area contributed by atoms with Crippen LogP contribution >= 0.6 is 0 Å². The molecule has 0 heterocycles. The molecule has 0 aromatic heterocycles. The van der Waals surface area contributed by atoms with E-state index < -0.39 is 0 Å². The Balaban J connectivity index is 0.00000145. The zero-order chi connectivity index (χ0) is 26.8. The predicted octanol–water partition coefficient (Wildman–Crippen LogP) is 8.38. The minimum Gasteiger partial charge on any atom is -0.300 e. The van der Waals surface area contributed by atoms with E-state index >= 15 is 0 Å². The molecule has 1 aliphatic rings. The summed E-state index contributed by atoms with van der Waals surface area (Å²) < 4.78 is 0. The average molecular weight is 491 g/mol. The summed E-state index contributed by atoms with van der Waals surface area (Å²) in [4.78, 5) is 37.6. The van der Waals surface area contributed by atoms with Gasteiger partial charge in [0.1, 0.15) is 11.6 Å². The van der Waals surface area contributed by atoms with Crippen LogP contribution < -0.4 is 0 Å². The number of rotatable bonds is 10. The minimum atomic E-state index is -0.103. The van der Waals surface area contributed by atoms with E-state index in [1.807, 2.05) is 13.8 Å². The summed E-state index contributed by atoms with van der Waals surface area (Å²) in [5, 5.41) is 0. The number of aryl methyl sites for hydroxylation is 2. The van der Waals surface area contributed by atoms with Crippen LogP contribution in [-0.4, -0.2) is 17.3 Å². The molecule has 2 aromatic rings. The van der Waals surface area contributed by atoms with Crippen molar-refractivity contribution in [2.75, 3.05) is 0 Å². The van der Waals surface area contributed by atoms with Gasteiger partial charge in [0.05, 0.1) is 6.42 Å². The lowest BCUT2D eigenvalue weighted by Gasteiger charge is -2.32. The molecule has 36 heavy (non-hydrogen) atoms. The van der Waals surface area contributed by atoms with Crippen molar-refractivity contribution in [2.24, 2.45) is 17.8 Å². The summed E-state index contributed by atoms with van der Waals surface area (Å²) in [6.07, 6.45) is 6.17. The zero-order valence-corrected chi connectivity index (χ0v) is 23.6. The topological polar surface area (TPSA) is 51.2 Å². The lowest BCUT2D eigenvalue weighted by Crippen LogP contribution is -2.29. The van der Waals surface area contributed by atoms with Crippen molar-refractivity contribution in [3.63, 3.8) is 0 Å². The van der Waals surface area contributed by atoms with Gasteiger partial charge in [0.15, 0.2) is 5.78 Å². The maximum Gasteiger partial charge on any atom is 0.163 e. The van der Waals surface area contributed by atoms with E-state index in [9.17, 15) is 14.4 Å². The Labute approximate surface area is 219 Å². The highest BCUT2D eigenvalue weighted by atomic mass is 16.1. The van der Waals surface area contributed by atoms with E-state index in [4.69, 9.17) is 0 Å². The smallest absolute Gasteiger partial charge is 0.163 e. The molecule has 196 valence electrons. The first-order chi connectivity index (χ1) is 17.2. The van der Waals surface area contributed by atoms with Crippen molar-refractivity contribution >= 4 is 17.3 Å². The van der Waals surface area contributed by atoms with Crippen molar-refractivity contribution < 1.29 is 14.4 Å². The van der Waals surface area contributed by atoms with Crippen molar-refractivity contribution in [1.29, 1.82) is 0 Å². The van der Waals surface area contributed by atoms with Crippen LogP contribution in [0.5, 0.6) is 0 Å². The summed E-state index contributed by atoms with van der Waals surface area (Å²) >= 11 is 0. The summed E-state index contributed by atoms with van der Waals surface area (Å²) in [5.74, 6) is 0.553.